The molecule has 1 saturated heterocycles. The molecule has 1 N–H and O–H groups in total. The van der Waals surface area contributed by atoms with Gasteiger partial charge in [0.1, 0.15) is 6.54 Å². The molecule has 1 unspecified atom stereocenters. The lowest BCUT2D eigenvalue weighted by atomic mass is 9.96. The topological polar surface area (TPSA) is 43.8 Å². The minimum atomic E-state index is -4.35. The normalized spacial score (nSPS) is 20.9. The van der Waals surface area contributed by atoms with Crippen LogP contribution in [0.5, 0.6) is 0 Å². The smallest absolute Gasteiger partial charge is 0.396 e. The number of nitrogens with zero attached hydrogens (tertiary/aromatic N) is 2. The number of aliphatic hydroxyl groups is 1. The first-order valence-corrected chi connectivity index (χ1v) is 7.06. The SMILES string of the molecule is CCN(CC(F)(F)F)C(=O)C1CCCN(CCCO)C1. The Morgan fingerprint density at radius 2 is 2.15 bits per heavy atom. The summed E-state index contributed by atoms with van der Waals surface area (Å²) in [7, 11) is 0. The largest absolute Gasteiger partial charge is 0.406 e. The Kier molecular flexibility index (Phi) is 6.75. The number of alkyl halides is 3. The molecular formula is C13H23F3N2O2. The van der Waals surface area contributed by atoms with Crippen LogP contribution in [0.3, 0.4) is 0 Å². The summed E-state index contributed by atoms with van der Waals surface area (Å²) in [6.45, 7) is 2.58. The molecule has 7 heteroatoms. The van der Waals surface area contributed by atoms with E-state index in [0.717, 1.165) is 17.9 Å². The van der Waals surface area contributed by atoms with Crippen LogP contribution >= 0.6 is 0 Å². The second-order valence-electron chi connectivity index (χ2n) is 5.18. The summed E-state index contributed by atoms with van der Waals surface area (Å²) in [6, 6.07) is 0. The summed E-state index contributed by atoms with van der Waals surface area (Å²) >= 11 is 0. The van der Waals surface area contributed by atoms with E-state index in [1.165, 1.54) is 0 Å². The van der Waals surface area contributed by atoms with Crippen molar-refractivity contribution in [2.45, 2.75) is 32.4 Å². The van der Waals surface area contributed by atoms with E-state index >= 15 is 0 Å². The number of hydrogen-bond donors (Lipinski definition) is 1. The molecule has 0 aromatic carbocycles. The summed E-state index contributed by atoms with van der Waals surface area (Å²) < 4.78 is 37.3. The van der Waals surface area contributed by atoms with E-state index in [1.807, 2.05) is 4.90 Å². The van der Waals surface area contributed by atoms with Gasteiger partial charge in [0, 0.05) is 26.2 Å². The minimum absolute atomic E-state index is 0.0749. The maximum absolute atomic E-state index is 12.4. The molecule has 20 heavy (non-hydrogen) atoms. The predicted octanol–water partition coefficient (Wildman–Crippen LogP) is 1.49. The number of rotatable bonds is 6. The molecule has 0 radical (unpaired) electrons. The first-order chi connectivity index (χ1) is 9.37. The van der Waals surface area contributed by atoms with Gasteiger partial charge in [-0.15, -0.1) is 0 Å². The molecule has 0 spiro atoms. The number of carbonyl (C=O) groups excluding carboxylic acids is 1. The summed E-state index contributed by atoms with van der Waals surface area (Å²) in [6.07, 6.45) is -2.27. The van der Waals surface area contributed by atoms with E-state index in [0.29, 0.717) is 25.9 Å². The fourth-order valence-corrected chi connectivity index (χ4v) is 2.57. The molecule has 1 aliphatic rings. The molecule has 1 heterocycles. The van der Waals surface area contributed by atoms with Gasteiger partial charge in [-0.2, -0.15) is 13.2 Å². The fourth-order valence-electron chi connectivity index (χ4n) is 2.57. The van der Waals surface area contributed by atoms with Crippen molar-refractivity contribution in [2.24, 2.45) is 5.92 Å². The van der Waals surface area contributed by atoms with Crippen LogP contribution in [-0.4, -0.2) is 66.3 Å². The van der Waals surface area contributed by atoms with E-state index in [2.05, 4.69) is 0 Å². The van der Waals surface area contributed by atoms with Gasteiger partial charge < -0.3 is 14.9 Å². The Hall–Kier alpha value is -0.820. The third-order valence-electron chi connectivity index (χ3n) is 3.55. The van der Waals surface area contributed by atoms with Crippen LogP contribution in [0.4, 0.5) is 13.2 Å². The van der Waals surface area contributed by atoms with Crippen LogP contribution < -0.4 is 0 Å². The van der Waals surface area contributed by atoms with Gasteiger partial charge in [0.2, 0.25) is 5.91 Å². The molecular weight excluding hydrogens is 273 g/mol. The van der Waals surface area contributed by atoms with Gasteiger partial charge >= 0.3 is 6.18 Å². The van der Waals surface area contributed by atoms with E-state index in [1.54, 1.807) is 6.92 Å². The summed E-state index contributed by atoms with van der Waals surface area (Å²) in [5.41, 5.74) is 0. The van der Waals surface area contributed by atoms with Gasteiger partial charge in [-0.05, 0) is 32.7 Å². The van der Waals surface area contributed by atoms with Gasteiger partial charge in [0.05, 0.1) is 5.92 Å². The Balaban J connectivity index is 2.55. The molecule has 0 bridgehead atoms. The third-order valence-corrected chi connectivity index (χ3v) is 3.55. The molecule has 4 nitrogen and oxygen atoms in total. The lowest BCUT2D eigenvalue weighted by Gasteiger charge is -2.34. The molecule has 1 amide bonds. The monoisotopic (exact) mass is 296 g/mol. The molecule has 0 saturated carbocycles. The number of piperidine rings is 1. The van der Waals surface area contributed by atoms with E-state index in [4.69, 9.17) is 5.11 Å². The molecule has 1 atom stereocenters. The Morgan fingerprint density at radius 3 is 2.70 bits per heavy atom. The lowest BCUT2D eigenvalue weighted by Crippen LogP contribution is -2.47. The zero-order chi connectivity index (χ0) is 15.2. The Morgan fingerprint density at radius 1 is 1.45 bits per heavy atom. The highest BCUT2D eigenvalue weighted by Gasteiger charge is 2.35. The number of hydrogen-bond acceptors (Lipinski definition) is 3. The first kappa shape index (κ1) is 17.2. The number of aliphatic hydroxyl groups excluding tert-OH is 1. The zero-order valence-electron chi connectivity index (χ0n) is 11.8. The van der Waals surface area contributed by atoms with Gasteiger partial charge in [-0.25, -0.2) is 0 Å². The zero-order valence-corrected chi connectivity index (χ0v) is 11.8. The van der Waals surface area contributed by atoms with Crippen LogP contribution in [-0.2, 0) is 4.79 Å². The maximum atomic E-state index is 12.4. The van der Waals surface area contributed by atoms with E-state index < -0.39 is 18.6 Å². The minimum Gasteiger partial charge on any atom is -0.396 e. The van der Waals surface area contributed by atoms with Crippen molar-refractivity contribution in [2.75, 3.05) is 39.3 Å². The van der Waals surface area contributed by atoms with Crippen LogP contribution in [0.1, 0.15) is 26.2 Å². The summed E-state index contributed by atoms with van der Waals surface area (Å²) in [4.78, 5) is 15.1. The van der Waals surface area contributed by atoms with Crippen molar-refractivity contribution in [1.82, 2.24) is 9.80 Å². The van der Waals surface area contributed by atoms with Crippen LogP contribution in [0.2, 0.25) is 0 Å². The van der Waals surface area contributed by atoms with Crippen molar-refractivity contribution in [3.05, 3.63) is 0 Å². The molecule has 0 aliphatic carbocycles. The number of carbonyl (C=O) groups is 1. The molecule has 118 valence electrons. The van der Waals surface area contributed by atoms with Gasteiger partial charge in [-0.3, -0.25) is 4.79 Å². The Bertz CT molecular complexity index is 310. The highest BCUT2D eigenvalue weighted by Crippen LogP contribution is 2.22. The standard InChI is InChI=1S/C13H23F3N2O2/c1-2-18(10-13(14,15)16)12(20)11-5-3-6-17(9-11)7-4-8-19/h11,19H,2-10H2,1H3. The first-order valence-electron chi connectivity index (χ1n) is 7.06. The average Bonchev–Trinajstić information content (AvgIpc) is 2.41. The second-order valence-corrected chi connectivity index (χ2v) is 5.18. The van der Waals surface area contributed by atoms with Gasteiger partial charge in [-0.1, -0.05) is 0 Å². The molecule has 0 aromatic heterocycles. The van der Waals surface area contributed by atoms with E-state index in [-0.39, 0.29) is 19.1 Å². The van der Waals surface area contributed by atoms with Crippen molar-refractivity contribution in [3.63, 3.8) is 0 Å². The average molecular weight is 296 g/mol. The van der Waals surface area contributed by atoms with E-state index in [9.17, 15) is 18.0 Å². The Labute approximate surface area is 117 Å². The van der Waals surface area contributed by atoms with Crippen molar-refractivity contribution in [1.29, 1.82) is 0 Å². The van der Waals surface area contributed by atoms with Crippen LogP contribution in [0.15, 0.2) is 0 Å². The van der Waals surface area contributed by atoms with Crippen LogP contribution in [0, 0.1) is 5.92 Å². The summed E-state index contributed by atoms with van der Waals surface area (Å²) in [5, 5.41) is 8.80. The quantitative estimate of drug-likeness (QED) is 0.807. The highest BCUT2D eigenvalue weighted by atomic mass is 19.4. The fraction of sp³-hybridized carbons (Fsp3) is 0.923. The highest BCUT2D eigenvalue weighted by molar-refractivity contribution is 5.79. The van der Waals surface area contributed by atoms with Crippen molar-refractivity contribution >= 4 is 5.91 Å². The van der Waals surface area contributed by atoms with Crippen LogP contribution in [0.25, 0.3) is 0 Å². The second kappa shape index (κ2) is 7.83. The van der Waals surface area contributed by atoms with Crippen molar-refractivity contribution < 1.29 is 23.1 Å². The lowest BCUT2D eigenvalue weighted by molar-refractivity contribution is -0.164. The van der Waals surface area contributed by atoms with Gasteiger partial charge in [0.25, 0.3) is 0 Å². The van der Waals surface area contributed by atoms with Crippen molar-refractivity contribution in [3.8, 4) is 0 Å². The molecule has 1 fully saturated rings. The maximum Gasteiger partial charge on any atom is 0.406 e. The molecule has 1 aliphatic heterocycles. The predicted molar refractivity (Wildman–Crippen MR) is 69.2 cm³/mol. The molecule has 1 rings (SSSR count). The number of amides is 1. The number of halogens is 3. The number of likely N-dealkylation sites (tertiary alicyclic amines) is 1. The molecule has 0 aromatic rings. The summed E-state index contributed by atoms with van der Waals surface area (Å²) in [5.74, 6) is -0.761. The third kappa shape index (κ3) is 5.66. The van der Waals surface area contributed by atoms with Gasteiger partial charge in [0.15, 0.2) is 0 Å².